The lowest BCUT2D eigenvalue weighted by Gasteiger charge is -2.31. The fourth-order valence-electron chi connectivity index (χ4n) is 2.39. The van der Waals surface area contributed by atoms with Crippen LogP contribution in [0.25, 0.3) is 0 Å². The van der Waals surface area contributed by atoms with E-state index in [-0.39, 0.29) is 0 Å². The van der Waals surface area contributed by atoms with Crippen molar-refractivity contribution in [3.8, 4) is 0 Å². The van der Waals surface area contributed by atoms with Gasteiger partial charge in [-0.05, 0) is 44.1 Å². The van der Waals surface area contributed by atoms with Gasteiger partial charge in [0.05, 0.1) is 0 Å². The van der Waals surface area contributed by atoms with E-state index in [0.717, 1.165) is 31.8 Å². The fourth-order valence-corrected chi connectivity index (χ4v) is 2.39. The van der Waals surface area contributed by atoms with E-state index < -0.39 is 0 Å². The Morgan fingerprint density at radius 1 is 1.29 bits per heavy atom. The van der Waals surface area contributed by atoms with Gasteiger partial charge >= 0.3 is 0 Å². The third-order valence-electron chi connectivity index (χ3n) is 3.48. The van der Waals surface area contributed by atoms with E-state index in [4.69, 9.17) is 5.73 Å². The molecule has 2 rings (SSSR count). The summed E-state index contributed by atoms with van der Waals surface area (Å²) < 4.78 is 0. The number of nitrogens with two attached hydrogens (primary N) is 1. The maximum atomic E-state index is 11.7. The minimum Gasteiger partial charge on any atom is -0.343 e. The van der Waals surface area contributed by atoms with Crippen molar-refractivity contribution in [1.29, 1.82) is 0 Å². The third-order valence-corrected chi connectivity index (χ3v) is 3.48. The number of nitrogens with zero attached hydrogens (tertiary/aromatic N) is 1. The molecule has 14 heavy (non-hydrogen) atoms. The molecular weight excluding hydrogens is 176 g/mol. The Hall–Kier alpha value is -0.570. The predicted octanol–water partition coefficient (Wildman–Crippen LogP) is 0.984. The van der Waals surface area contributed by atoms with Gasteiger partial charge in [-0.1, -0.05) is 0 Å². The summed E-state index contributed by atoms with van der Waals surface area (Å²) in [7, 11) is 0. The normalized spacial score (nSPS) is 28.2. The van der Waals surface area contributed by atoms with Crippen LogP contribution in [0.4, 0.5) is 0 Å². The summed E-state index contributed by atoms with van der Waals surface area (Å²) in [6.07, 6.45) is 5.69. The van der Waals surface area contributed by atoms with Gasteiger partial charge in [0.1, 0.15) is 0 Å². The smallest absolute Gasteiger partial charge is 0.222 e. The van der Waals surface area contributed by atoms with Gasteiger partial charge in [-0.15, -0.1) is 0 Å². The number of piperidine rings is 1. The lowest BCUT2D eigenvalue weighted by Crippen LogP contribution is -2.40. The molecule has 0 spiro atoms. The number of hydrogen-bond acceptors (Lipinski definition) is 2. The van der Waals surface area contributed by atoms with Crippen LogP contribution in [0.15, 0.2) is 0 Å². The van der Waals surface area contributed by atoms with Crippen LogP contribution in [0.5, 0.6) is 0 Å². The van der Waals surface area contributed by atoms with Crippen molar-refractivity contribution in [3.63, 3.8) is 0 Å². The summed E-state index contributed by atoms with van der Waals surface area (Å²) >= 11 is 0. The Morgan fingerprint density at radius 2 is 2.07 bits per heavy atom. The van der Waals surface area contributed by atoms with Crippen molar-refractivity contribution in [2.75, 3.05) is 19.6 Å². The predicted molar refractivity (Wildman–Crippen MR) is 55.7 cm³/mol. The van der Waals surface area contributed by atoms with Crippen molar-refractivity contribution < 1.29 is 4.79 Å². The van der Waals surface area contributed by atoms with Gasteiger partial charge in [-0.25, -0.2) is 0 Å². The zero-order valence-corrected chi connectivity index (χ0v) is 8.74. The molecule has 1 saturated carbocycles. The highest BCUT2D eigenvalue weighted by molar-refractivity contribution is 5.77. The molecule has 1 amide bonds. The van der Waals surface area contributed by atoms with Crippen LogP contribution in [-0.2, 0) is 4.79 Å². The van der Waals surface area contributed by atoms with Crippen LogP contribution in [0.2, 0.25) is 0 Å². The Bertz CT molecular complexity index is 213. The second kappa shape index (κ2) is 4.30. The van der Waals surface area contributed by atoms with Gasteiger partial charge in [0.25, 0.3) is 0 Å². The average Bonchev–Trinajstić information content (AvgIpc) is 2.99. The molecule has 3 nitrogen and oxygen atoms in total. The number of rotatable bonds is 4. The van der Waals surface area contributed by atoms with Crippen LogP contribution < -0.4 is 5.73 Å². The summed E-state index contributed by atoms with van der Waals surface area (Å²) in [5.74, 6) is 1.95. The number of hydrogen-bond donors (Lipinski definition) is 1. The highest BCUT2D eigenvalue weighted by Gasteiger charge is 2.36. The Kier molecular flexibility index (Phi) is 3.06. The molecule has 1 atom stereocenters. The van der Waals surface area contributed by atoms with Gasteiger partial charge in [0.15, 0.2) is 0 Å². The monoisotopic (exact) mass is 196 g/mol. The summed E-state index contributed by atoms with van der Waals surface area (Å²) in [5, 5.41) is 0. The van der Waals surface area contributed by atoms with Crippen LogP contribution in [0.1, 0.15) is 32.1 Å². The molecule has 1 unspecified atom stereocenters. The van der Waals surface area contributed by atoms with Crippen molar-refractivity contribution >= 4 is 5.91 Å². The maximum Gasteiger partial charge on any atom is 0.222 e. The molecule has 0 aromatic carbocycles. The molecule has 3 heteroatoms. The minimum absolute atomic E-state index is 0.363. The number of carbonyl (C=O) groups is 1. The van der Waals surface area contributed by atoms with E-state index >= 15 is 0 Å². The van der Waals surface area contributed by atoms with Crippen molar-refractivity contribution in [1.82, 2.24) is 4.90 Å². The largest absolute Gasteiger partial charge is 0.343 e. The van der Waals surface area contributed by atoms with E-state index in [0.29, 0.717) is 18.4 Å². The second-order valence-corrected chi connectivity index (χ2v) is 4.61. The van der Waals surface area contributed by atoms with Gasteiger partial charge in [0.2, 0.25) is 5.91 Å². The highest BCUT2D eigenvalue weighted by Crippen LogP contribution is 2.41. The molecule has 0 aromatic rings. The molecule has 0 bridgehead atoms. The molecule has 0 aromatic heterocycles. The highest BCUT2D eigenvalue weighted by atomic mass is 16.2. The molecule has 2 fully saturated rings. The van der Waals surface area contributed by atoms with Gasteiger partial charge in [-0.2, -0.15) is 0 Å². The first-order chi connectivity index (χ1) is 6.81. The number of carbonyl (C=O) groups excluding carboxylic acids is 1. The van der Waals surface area contributed by atoms with E-state index in [1.54, 1.807) is 0 Å². The molecule has 1 aliphatic carbocycles. The Labute approximate surface area is 85.6 Å². The van der Waals surface area contributed by atoms with E-state index in [1.807, 2.05) is 4.90 Å². The zero-order valence-electron chi connectivity index (χ0n) is 8.74. The topological polar surface area (TPSA) is 46.3 Å². The molecule has 1 heterocycles. The van der Waals surface area contributed by atoms with E-state index in [1.165, 1.54) is 19.3 Å². The lowest BCUT2D eigenvalue weighted by molar-refractivity contribution is -0.135. The third kappa shape index (κ3) is 2.27. The van der Waals surface area contributed by atoms with E-state index in [9.17, 15) is 4.79 Å². The van der Waals surface area contributed by atoms with Crippen molar-refractivity contribution in [3.05, 3.63) is 0 Å². The van der Waals surface area contributed by atoms with Crippen LogP contribution in [0.3, 0.4) is 0 Å². The van der Waals surface area contributed by atoms with Gasteiger partial charge < -0.3 is 10.6 Å². The summed E-state index contributed by atoms with van der Waals surface area (Å²) in [6.45, 7) is 2.53. The zero-order chi connectivity index (χ0) is 9.97. The molecule has 1 saturated heterocycles. The van der Waals surface area contributed by atoms with Crippen molar-refractivity contribution in [2.45, 2.75) is 32.1 Å². The van der Waals surface area contributed by atoms with Gasteiger partial charge in [0, 0.05) is 19.5 Å². The van der Waals surface area contributed by atoms with Crippen molar-refractivity contribution in [2.24, 2.45) is 17.6 Å². The Morgan fingerprint density at radius 3 is 2.64 bits per heavy atom. The first-order valence-corrected chi connectivity index (χ1v) is 5.79. The quantitative estimate of drug-likeness (QED) is 0.728. The van der Waals surface area contributed by atoms with E-state index in [2.05, 4.69) is 0 Å². The summed E-state index contributed by atoms with van der Waals surface area (Å²) in [4.78, 5) is 13.7. The summed E-state index contributed by atoms with van der Waals surface area (Å²) in [6, 6.07) is 0. The molecule has 80 valence electrons. The fraction of sp³-hybridized carbons (Fsp3) is 0.909. The minimum atomic E-state index is 0.363. The molecule has 2 aliphatic rings. The second-order valence-electron chi connectivity index (χ2n) is 4.61. The van der Waals surface area contributed by atoms with Gasteiger partial charge in [-0.3, -0.25) is 4.79 Å². The number of amides is 1. The first-order valence-electron chi connectivity index (χ1n) is 5.79. The molecule has 1 aliphatic heterocycles. The first kappa shape index (κ1) is 9.97. The molecule has 2 N–H and O–H groups in total. The SMILES string of the molecule is NCCCN1CCC(C2CC2)CC1=O. The maximum absolute atomic E-state index is 11.7. The van der Waals surface area contributed by atoms with Crippen LogP contribution in [-0.4, -0.2) is 30.4 Å². The summed E-state index contributed by atoms with van der Waals surface area (Å²) in [5.41, 5.74) is 5.44. The Balaban J connectivity index is 1.77. The molecule has 0 radical (unpaired) electrons. The standard InChI is InChI=1S/C11H20N2O/c12-5-1-6-13-7-4-10(8-11(13)14)9-2-3-9/h9-10H,1-8,12H2. The molecular formula is C11H20N2O. The lowest BCUT2D eigenvalue weighted by atomic mass is 9.91. The van der Waals surface area contributed by atoms with Crippen LogP contribution in [0, 0.1) is 11.8 Å². The van der Waals surface area contributed by atoms with Crippen LogP contribution >= 0.6 is 0 Å². The number of likely N-dealkylation sites (tertiary alicyclic amines) is 1. The average molecular weight is 196 g/mol.